The highest BCUT2D eigenvalue weighted by Gasteiger charge is 2.13. The maximum absolute atomic E-state index is 9.41. The Kier molecular flexibility index (Phi) is 3.08. The summed E-state index contributed by atoms with van der Waals surface area (Å²) in [7, 11) is 0. The lowest BCUT2D eigenvalue weighted by atomic mass is 10.1. The second kappa shape index (κ2) is 4.75. The van der Waals surface area contributed by atoms with E-state index in [0.717, 1.165) is 21.5 Å². The normalized spacial score (nSPS) is 11.6. The van der Waals surface area contributed by atoms with Gasteiger partial charge in [0.15, 0.2) is 0 Å². The van der Waals surface area contributed by atoms with Gasteiger partial charge < -0.3 is 9.67 Å². The molecule has 4 nitrogen and oxygen atoms in total. The van der Waals surface area contributed by atoms with Crippen LogP contribution in [0.4, 0.5) is 0 Å². The van der Waals surface area contributed by atoms with Crippen LogP contribution in [0.5, 0.6) is 0 Å². The number of thiazole rings is 1. The molecule has 3 rings (SSSR count). The Hall–Kier alpha value is -1.72. The van der Waals surface area contributed by atoms with Crippen molar-refractivity contribution in [3.8, 4) is 11.3 Å². The van der Waals surface area contributed by atoms with Crippen LogP contribution in [0, 0.1) is 0 Å². The van der Waals surface area contributed by atoms with Crippen LogP contribution in [-0.4, -0.2) is 19.6 Å². The van der Waals surface area contributed by atoms with Crippen molar-refractivity contribution in [1.82, 2.24) is 14.5 Å². The summed E-state index contributed by atoms with van der Waals surface area (Å²) >= 11 is 1.62. The molecule has 0 unspecified atom stereocenters. The summed E-state index contributed by atoms with van der Waals surface area (Å²) in [5.41, 5.74) is 4.81. The SMILES string of the molecule is CC(C)n1cc(-c2cccc3ncsc23)nc1CO. The fourth-order valence-corrected chi connectivity index (χ4v) is 3.03. The van der Waals surface area contributed by atoms with E-state index in [1.807, 2.05) is 28.4 Å². The molecule has 0 aliphatic rings. The Labute approximate surface area is 115 Å². The average Bonchev–Trinajstić information content (AvgIpc) is 3.04. The minimum Gasteiger partial charge on any atom is -0.388 e. The Morgan fingerprint density at radius 1 is 1.37 bits per heavy atom. The van der Waals surface area contributed by atoms with E-state index in [9.17, 15) is 5.11 Å². The third kappa shape index (κ3) is 2.05. The highest BCUT2D eigenvalue weighted by atomic mass is 32.1. The summed E-state index contributed by atoms with van der Waals surface area (Å²) in [6, 6.07) is 6.32. The summed E-state index contributed by atoms with van der Waals surface area (Å²) in [6.45, 7) is 4.12. The predicted molar refractivity (Wildman–Crippen MR) is 77.1 cm³/mol. The van der Waals surface area contributed by atoms with Crippen LogP contribution in [0.15, 0.2) is 29.9 Å². The van der Waals surface area contributed by atoms with Gasteiger partial charge in [0, 0.05) is 17.8 Å². The summed E-state index contributed by atoms with van der Waals surface area (Å²) in [5, 5.41) is 9.41. The monoisotopic (exact) mass is 273 g/mol. The molecule has 2 aromatic heterocycles. The van der Waals surface area contributed by atoms with E-state index in [0.29, 0.717) is 5.82 Å². The third-order valence-electron chi connectivity index (χ3n) is 3.14. The Balaban J connectivity index is 2.19. The first-order valence-corrected chi connectivity index (χ1v) is 7.10. The van der Waals surface area contributed by atoms with Gasteiger partial charge in [0.05, 0.1) is 21.4 Å². The number of fused-ring (bicyclic) bond motifs is 1. The molecule has 2 heterocycles. The molecule has 0 aliphatic carbocycles. The van der Waals surface area contributed by atoms with Crippen LogP contribution in [0.2, 0.25) is 0 Å². The van der Waals surface area contributed by atoms with Crippen LogP contribution < -0.4 is 0 Å². The second-order valence-electron chi connectivity index (χ2n) is 4.71. The topological polar surface area (TPSA) is 50.9 Å². The van der Waals surface area contributed by atoms with Crippen molar-refractivity contribution < 1.29 is 5.11 Å². The van der Waals surface area contributed by atoms with Crippen molar-refractivity contribution in [1.29, 1.82) is 0 Å². The summed E-state index contributed by atoms with van der Waals surface area (Å²) in [6.07, 6.45) is 2.00. The summed E-state index contributed by atoms with van der Waals surface area (Å²) in [5.74, 6) is 0.700. The molecular weight excluding hydrogens is 258 g/mol. The molecule has 0 radical (unpaired) electrons. The van der Waals surface area contributed by atoms with Crippen molar-refractivity contribution in [2.75, 3.05) is 0 Å². The van der Waals surface area contributed by atoms with Gasteiger partial charge >= 0.3 is 0 Å². The molecule has 1 N–H and O–H groups in total. The molecule has 19 heavy (non-hydrogen) atoms. The number of rotatable bonds is 3. The van der Waals surface area contributed by atoms with Gasteiger partial charge in [-0.2, -0.15) is 0 Å². The second-order valence-corrected chi connectivity index (χ2v) is 5.56. The van der Waals surface area contributed by atoms with Gasteiger partial charge in [-0.3, -0.25) is 0 Å². The number of nitrogens with zero attached hydrogens (tertiary/aromatic N) is 3. The molecule has 0 fully saturated rings. The Morgan fingerprint density at radius 2 is 2.21 bits per heavy atom. The molecule has 98 valence electrons. The average molecular weight is 273 g/mol. The molecular formula is C14H15N3OS. The molecule has 0 saturated carbocycles. The zero-order valence-corrected chi connectivity index (χ0v) is 11.7. The highest BCUT2D eigenvalue weighted by Crippen LogP contribution is 2.31. The van der Waals surface area contributed by atoms with Crippen molar-refractivity contribution in [3.05, 3.63) is 35.7 Å². The molecule has 5 heteroatoms. The van der Waals surface area contributed by atoms with Crippen LogP contribution in [0.25, 0.3) is 21.5 Å². The van der Waals surface area contributed by atoms with E-state index in [4.69, 9.17) is 0 Å². The van der Waals surface area contributed by atoms with Gasteiger partial charge in [0.1, 0.15) is 12.4 Å². The number of benzene rings is 1. The molecule has 0 aliphatic heterocycles. The number of hydrogen-bond acceptors (Lipinski definition) is 4. The van der Waals surface area contributed by atoms with Crippen molar-refractivity contribution >= 4 is 21.6 Å². The minimum atomic E-state index is -0.0448. The first-order valence-electron chi connectivity index (χ1n) is 6.22. The lowest BCUT2D eigenvalue weighted by molar-refractivity contribution is 0.262. The number of hydrogen-bond donors (Lipinski definition) is 1. The maximum Gasteiger partial charge on any atom is 0.135 e. The van der Waals surface area contributed by atoms with Crippen LogP contribution in [0.1, 0.15) is 25.7 Å². The lowest BCUT2D eigenvalue weighted by Crippen LogP contribution is -2.04. The smallest absolute Gasteiger partial charge is 0.135 e. The number of aromatic nitrogens is 3. The van der Waals surface area contributed by atoms with Gasteiger partial charge in [0.2, 0.25) is 0 Å². The largest absolute Gasteiger partial charge is 0.388 e. The lowest BCUT2D eigenvalue weighted by Gasteiger charge is -2.08. The van der Waals surface area contributed by atoms with Gasteiger partial charge in [0.25, 0.3) is 0 Å². The zero-order valence-electron chi connectivity index (χ0n) is 10.9. The molecule has 0 amide bonds. The first kappa shape index (κ1) is 12.3. The quantitative estimate of drug-likeness (QED) is 0.797. The summed E-state index contributed by atoms with van der Waals surface area (Å²) < 4.78 is 3.15. The standard InChI is InChI=1S/C14H15N3OS/c1-9(2)17-6-12(16-13(17)7-18)10-4-3-5-11-14(10)19-8-15-11/h3-6,8-9,18H,7H2,1-2H3. The summed E-state index contributed by atoms with van der Waals surface area (Å²) in [4.78, 5) is 8.87. The number of imidazole rings is 1. The third-order valence-corrected chi connectivity index (χ3v) is 4.01. The van der Waals surface area contributed by atoms with Gasteiger partial charge in [-0.1, -0.05) is 12.1 Å². The van der Waals surface area contributed by atoms with Crippen molar-refractivity contribution in [3.63, 3.8) is 0 Å². The van der Waals surface area contributed by atoms with Crippen LogP contribution in [0.3, 0.4) is 0 Å². The van der Waals surface area contributed by atoms with Crippen molar-refractivity contribution in [2.45, 2.75) is 26.5 Å². The fourth-order valence-electron chi connectivity index (χ4n) is 2.21. The van der Waals surface area contributed by atoms with Crippen LogP contribution in [-0.2, 0) is 6.61 Å². The molecule has 0 atom stereocenters. The molecule has 1 aromatic carbocycles. The zero-order chi connectivity index (χ0) is 13.4. The first-order chi connectivity index (χ1) is 9.20. The van der Waals surface area contributed by atoms with E-state index in [1.54, 1.807) is 11.3 Å². The minimum absolute atomic E-state index is 0.0448. The molecule has 0 saturated heterocycles. The van der Waals surface area contributed by atoms with E-state index in [-0.39, 0.29) is 12.6 Å². The Bertz CT molecular complexity index is 714. The van der Waals surface area contributed by atoms with E-state index >= 15 is 0 Å². The predicted octanol–water partition coefficient (Wildman–Crippen LogP) is 3.23. The van der Waals surface area contributed by atoms with Crippen molar-refractivity contribution in [2.24, 2.45) is 0 Å². The van der Waals surface area contributed by atoms with Gasteiger partial charge in [-0.25, -0.2) is 9.97 Å². The van der Waals surface area contributed by atoms with Gasteiger partial charge in [-0.15, -0.1) is 11.3 Å². The van der Waals surface area contributed by atoms with E-state index in [2.05, 4.69) is 29.9 Å². The van der Waals surface area contributed by atoms with E-state index < -0.39 is 0 Å². The molecule has 3 aromatic rings. The van der Waals surface area contributed by atoms with Crippen LogP contribution >= 0.6 is 11.3 Å². The van der Waals surface area contributed by atoms with Gasteiger partial charge in [-0.05, 0) is 19.9 Å². The highest BCUT2D eigenvalue weighted by molar-refractivity contribution is 7.17. The molecule has 0 spiro atoms. The maximum atomic E-state index is 9.41. The number of aliphatic hydroxyl groups is 1. The molecule has 0 bridgehead atoms. The number of aliphatic hydroxyl groups excluding tert-OH is 1. The Morgan fingerprint density at radius 3 is 2.89 bits per heavy atom. The van der Waals surface area contributed by atoms with E-state index in [1.165, 1.54) is 0 Å². The fraction of sp³-hybridized carbons (Fsp3) is 0.286.